The third-order valence-electron chi connectivity index (χ3n) is 6.94. The van der Waals surface area contributed by atoms with Crippen molar-refractivity contribution in [1.82, 2.24) is 34.9 Å². The number of ether oxygens (including phenoxy) is 1. The maximum atomic E-state index is 13.1. The lowest BCUT2D eigenvalue weighted by Crippen LogP contribution is -2.60. The highest BCUT2D eigenvalue weighted by Gasteiger charge is 2.37. The summed E-state index contributed by atoms with van der Waals surface area (Å²) in [4.78, 5) is 33.0. The fraction of sp³-hybridized carbons (Fsp3) is 0.435. The summed E-state index contributed by atoms with van der Waals surface area (Å²) in [5.41, 5.74) is 2.63. The lowest BCUT2D eigenvalue weighted by molar-refractivity contribution is -0.142. The molecule has 2 N–H and O–H groups in total. The van der Waals surface area contributed by atoms with Crippen LogP contribution in [0.25, 0.3) is 21.3 Å². The van der Waals surface area contributed by atoms with Gasteiger partial charge in [-0.1, -0.05) is 0 Å². The zero-order valence-corrected chi connectivity index (χ0v) is 20.1. The van der Waals surface area contributed by atoms with E-state index in [9.17, 15) is 4.79 Å². The van der Waals surface area contributed by atoms with Gasteiger partial charge < -0.3 is 19.9 Å². The Kier molecular flexibility index (Phi) is 5.10. The second kappa shape index (κ2) is 8.17. The molecular weight excluding hydrogens is 452 g/mol. The summed E-state index contributed by atoms with van der Waals surface area (Å²) in [6.07, 6.45) is 5.76. The Hall–Kier alpha value is -3.31. The molecule has 1 aliphatic heterocycles. The molecule has 4 aromatic rings. The van der Waals surface area contributed by atoms with E-state index in [-0.39, 0.29) is 11.8 Å². The van der Waals surface area contributed by atoms with Crippen molar-refractivity contribution in [3.05, 3.63) is 29.0 Å². The minimum absolute atomic E-state index is 0.0424. The van der Waals surface area contributed by atoms with Crippen LogP contribution in [0.4, 0.5) is 11.5 Å². The summed E-state index contributed by atoms with van der Waals surface area (Å²) in [6.45, 7) is 1.66. The van der Waals surface area contributed by atoms with E-state index >= 15 is 0 Å². The fourth-order valence-electron chi connectivity index (χ4n) is 4.87. The number of pyridine rings is 1. The first-order valence-electron chi connectivity index (χ1n) is 11.4. The van der Waals surface area contributed by atoms with Gasteiger partial charge in [-0.05, 0) is 45.0 Å². The van der Waals surface area contributed by atoms with Crippen molar-refractivity contribution in [2.75, 3.05) is 39.6 Å². The molecule has 2 aliphatic rings. The van der Waals surface area contributed by atoms with E-state index in [0.29, 0.717) is 23.3 Å². The minimum Gasteiger partial charge on any atom is -0.479 e. The lowest BCUT2D eigenvalue weighted by atomic mass is 9.86. The monoisotopic (exact) mass is 478 g/mol. The summed E-state index contributed by atoms with van der Waals surface area (Å²) in [6, 6.07) is 2.42. The van der Waals surface area contributed by atoms with Crippen molar-refractivity contribution >= 4 is 50.0 Å². The summed E-state index contributed by atoms with van der Waals surface area (Å²) in [7, 11) is 5.73. The second-order valence-corrected chi connectivity index (χ2v) is 10.3. The number of aromatic nitrogens is 5. The van der Waals surface area contributed by atoms with Crippen LogP contribution < -0.4 is 10.1 Å². The van der Waals surface area contributed by atoms with E-state index in [0.717, 1.165) is 53.8 Å². The first-order valence-corrected chi connectivity index (χ1v) is 12.2. The maximum Gasteiger partial charge on any atom is 0.239 e. The number of amides is 1. The Morgan fingerprint density at radius 2 is 2.18 bits per heavy atom. The number of carbonyl (C=O) groups is 1. The number of hydrogen-bond donors (Lipinski definition) is 2. The predicted molar refractivity (Wildman–Crippen MR) is 131 cm³/mol. The molecule has 1 atom stereocenters. The quantitative estimate of drug-likeness (QED) is 0.450. The molecule has 10 nitrogen and oxygen atoms in total. The van der Waals surface area contributed by atoms with Gasteiger partial charge in [0.1, 0.15) is 22.7 Å². The third-order valence-corrected chi connectivity index (χ3v) is 8.10. The normalized spacial score (nSPS) is 18.4. The van der Waals surface area contributed by atoms with E-state index in [1.807, 2.05) is 11.0 Å². The number of carbonyl (C=O) groups excluding carboxylic acids is 1. The summed E-state index contributed by atoms with van der Waals surface area (Å²) < 4.78 is 5.50. The highest BCUT2D eigenvalue weighted by Crippen LogP contribution is 2.41. The third kappa shape index (κ3) is 3.46. The van der Waals surface area contributed by atoms with Crippen molar-refractivity contribution in [2.24, 2.45) is 5.92 Å². The molecule has 0 bridgehead atoms. The van der Waals surface area contributed by atoms with Gasteiger partial charge in [0.2, 0.25) is 11.8 Å². The van der Waals surface area contributed by atoms with Crippen LogP contribution in [-0.2, 0) is 17.6 Å². The zero-order chi connectivity index (χ0) is 23.4. The number of methoxy groups -OCH3 is 1. The van der Waals surface area contributed by atoms with Crippen LogP contribution in [0.1, 0.15) is 16.9 Å². The Bertz CT molecular complexity index is 1390. The summed E-state index contributed by atoms with van der Waals surface area (Å²) in [5.74, 6) is 1.52. The number of nitrogens with one attached hydrogen (secondary N) is 2. The molecule has 1 amide bonds. The van der Waals surface area contributed by atoms with Gasteiger partial charge in [-0.15, -0.1) is 11.3 Å². The van der Waals surface area contributed by atoms with Gasteiger partial charge in [-0.25, -0.2) is 9.97 Å². The Morgan fingerprint density at radius 1 is 1.32 bits per heavy atom. The highest BCUT2D eigenvalue weighted by molar-refractivity contribution is 7.19. The smallest absolute Gasteiger partial charge is 0.239 e. The van der Waals surface area contributed by atoms with Crippen LogP contribution in [-0.4, -0.2) is 81.2 Å². The minimum atomic E-state index is 0.0424. The van der Waals surface area contributed by atoms with Gasteiger partial charge in [0.05, 0.1) is 18.7 Å². The lowest BCUT2D eigenvalue weighted by Gasteiger charge is -2.44. The molecule has 1 saturated heterocycles. The molecule has 0 radical (unpaired) electrons. The Morgan fingerprint density at radius 3 is 2.97 bits per heavy atom. The zero-order valence-electron chi connectivity index (χ0n) is 19.3. The van der Waals surface area contributed by atoms with Gasteiger partial charge in [0, 0.05) is 35.3 Å². The predicted octanol–water partition coefficient (Wildman–Crippen LogP) is 2.59. The number of nitrogens with zero attached hydrogens (tertiary/aromatic N) is 6. The molecule has 11 heteroatoms. The van der Waals surface area contributed by atoms with Crippen molar-refractivity contribution in [1.29, 1.82) is 0 Å². The number of fused-ring (bicyclic) bond motifs is 4. The number of H-pyrrole nitrogens is 1. The average Bonchev–Trinajstić information content (AvgIpc) is 3.40. The van der Waals surface area contributed by atoms with Crippen LogP contribution >= 0.6 is 11.3 Å². The largest absolute Gasteiger partial charge is 0.479 e. The fourth-order valence-corrected chi connectivity index (χ4v) is 6.14. The topological polar surface area (TPSA) is 112 Å². The maximum absolute atomic E-state index is 13.1. The number of likely N-dealkylation sites (tertiary alicyclic amines) is 1. The molecule has 0 spiro atoms. The van der Waals surface area contributed by atoms with Gasteiger partial charge in [0.25, 0.3) is 0 Å². The molecule has 0 saturated carbocycles. The molecule has 4 aromatic heterocycles. The number of aromatic amines is 1. The van der Waals surface area contributed by atoms with Gasteiger partial charge in [-0.3, -0.25) is 9.89 Å². The van der Waals surface area contributed by atoms with Gasteiger partial charge in [-0.2, -0.15) is 10.1 Å². The molecular formula is C23H26N8O2S. The second-order valence-electron chi connectivity index (χ2n) is 9.18. The van der Waals surface area contributed by atoms with Crippen LogP contribution in [0.3, 0.4) is 0 Å². The van der Waals surface area contributed by atoms with Crippen LogP contribution in [0.15, 0.2) is 18.6 Å². The molecule has 0 aromatic carbocycles. The van der Waals surface area contributed by atoms with Crippen LogP contribution in [0.5, 0.6) is 5.88 Å². The summed E-state index contributed by atoms with van der Waals surface area (Å²) in [5, 5.41) is 12.2. The molecule has 5 heterocycles. The standard InChI is InChI=1S/C23H26N8O2S/c1-30(2)14-9-31(10-14)23(32)12-4-5-15-17(7-12)34-22-18(15)20(24-11-25-22)27-16-6-13-8-26-29-19(13)28-21(16)33-3/h6,8,11-12,14H,4-5,7,9-10H2,1-3H3,(H,24,25,27)(H,26,28,29)/t12-/m0/s1. The average molecular weight is 479 g/mol. The first kappa shape index (κ1) is 21.2. The molecule has 6 rings (SSSR count). The number of anilines is 2. The van der Waals surface area contributed by atoms with Crippen LogP contribution in [0, 0.1) is 5.92 Å². The van der Waals surface area contributed by atoms with E-state index < -0.39 is 0 Å². The van der Waals surface area contributed by atoms with Crippen molar-refractivity contribution < 1.29 is 9.53 Å². The SMILES string of the molecule is COc1nc2[nH]ncc2cc1Nc1ncnc2sc3c(c12)CC[C@H](C(=O)N1CC(N(C)C)C1)C3. The van der Waals surface area contributed by atoms with E-state index in [1.54, 1.807) is 31.0 Å². The van der Waals surface area contributed by atoms with Crippen molar-refractivity contribution in [3.8, 4) is 5.88 Å². The number of likely N-dealkylation sites (N-methyl/N-ethyl adjacent to an activating group) is 1. The highest BCUT2D eigenvalue weighted by atomic mass is 32.1. The molecule has 176 valence electrons. The molecule has 1 fully saturated rings. The van der Waals surface area contributed by atoms with E-state index in [4.69, 9.17) is 4.74 Å². The Balaban J connectivity index is 1.28. The number of aryl methyl sites for hydroxylation is 1. The van der Waals surface area contributed by atoms with Crippen molar-refractivity contribution in [2.45, 2.75) is 25.3 Å². The Labute approximate surface area is 200 Å². The van der Waals surface area contributed by atoms with E-state index in [1.165, 1.54) is 10.4 Å². The van der Waals surface area contributed by atoms with E-state index in [2.05, 4.69) is 49.5 Å². The first-order chi connectivity index (χ1) is 16.5. The number of thiophene rings is 1. The number of hydrogen-bond acceptors (Lipinski definition) is 9. The van der Waals surface area contributed by atoms with Crippen molar-refractivity contribution in [3.63, 3.8) is 0 Å². The number of rotatable bonds is 5. The molecule has 34 heavy (non-hydrogen) atoms. The van der Waals surface area contributed by atoms with Crippen LogP contribution in [0.2, 0.25) is 0 Å². The van der Waals surface area contributed by atoms with Gasteiger partial charge >= 0.3 is 0 Å². The van der Waals surface area contributed by atoms with Gasteiger partial charge in [0.15, 0.2) is 5.65 Å². The summed E-state index contributed by atoms with van der Waals surface area (Å²) >= 11 is 1.67. The molecule has 1 aliphatic carbocycles. The molecule has 0 unspecified atom stereocenters.